The van der Waals surface area contributed by atoms with E-state index < -0.39 is 0 Å². The minimum atomic E-state index is -0.285. The molecule has 0 bridgehead atoms. The van der Waals surface area contributed by atoms with Crippen molar-refractivity contribution in [1.82, 2.24) is 14.7 Å². The predicted octanol–water partition coefficient (Wildman–Crippen LogP) is 3.45. The number of terminal acetylenes is 1. The molecule has 0 atom stereocenters. The fourth-order valence-corrected chi connectivity index (χ4v) is 2.69. The van der Waals surface area contributed by atoms with Gasteiger partial charge in [-0.3, -0.25) is 9.58 Å². The molecule has 0 fully saturated rings. The van der Waals surface area contributed by atoms with Crippen LogP contribution in [0.1, 0.15) is 11.3 Å². The highest BCUT2D eigenvalue weighted by molar-refractivity contribution is 5.63. The highest BCUT2D eigenvalue weighted by Gasteiger charge is 2.17. The number of hydrogen-bond acceptors (Lipinski definition) is 3. The smallest absolute Gasteiger partial charge is 0.132 e. The second-order valence-corrected chi connectivity index (χ2v) is 5.59. The lowest BCUT2D eigenvalue weighted by atomic mass is 10.1. The van der Waals surface area contributed by atoms with Crippen molar-refractivity contribution in [2.75, 3.05) is 6.54 Å². The summed E-state index contributed by atoms with van der Waals surface area (Å²) in [5.74, 6) is 3.21. The van der Waals surface area contributed by atoms with Crippen molar-refractivity contribution in [2.24, 2.45) is 7.05 Å². The first-order valence-corrected chi connectivity index (χ1v) is 7.63. The minimum Gasteiger partial charge on any atom is -0.468 e. The lowest BCUT2D eigenvalue weighted by Gasteiger charge is -2.18. The molecular formula is C19H18FN3O. The van der Waals surface area contributed by atoms with Crippen LogP contribution < -0.4 is 0 Å². The summed E-state index contributed by atoms with van der Waals surface area (Å²) in [6, 6.07) is 10.4. The number of benzene rings is 1. The standard InChI is InChI=1S/C19H18FN3O/c1-3-10-23(14-16-7-6-11-24-16)13-15-12-22(2)21-19(15)17-8-4-5-9-18(17)20/h1,4-9,11-12H,10,13-14H2,2H3. The molecule has 1 aromatic carbocycles. The van der Waals surface area contributed by atoms with E-state index in [-0.39, 0.29) is 5.82 Å². The van der Waals surface area contributed by atoms with Crippen LogP contribution in [0.4, 0.5) is 4.39 Å². The van der Waals surface area contributed by atoms with Crippen molar-refractivity contribution in [3.05, 3.63) is 66.0 Å². The van der Waals surface area contributed by atoms with E-state index in [2.05, 4.69) is 15.9 Å². The van der Waals surface area contributed by atoms with E-state index >= 15 is 0 Å². The Bertz CT molecular complexity index is 846. The Labute approximate surface area is 140 Å². The topological polar surface area (TPSA) is 34.2 Å². The maximum atomic E-state index is 14.1. The predicted molar refractivity (Wildman–Crippen MR) is 90.3 cm³/mol. The number of aryl methyl sites for hydroxylation is 1. The van der Waals surface area contributed by atoms with Crippen molar-refractivity contribution in [1.29, 1.82) is 0 Å². The third kappa shape index (κ3) is 3.55. The van der Waals surface area contributed by atoms with Crippen LogP contribution in [0.5, 0.6) is 0 Å². The third-order valence-corrected chi connectivity index (χ3v) is 3.70. The van der Waals surface area contributed by atoms with Crippen LogP contribution in [0.2, 0.25) is 0 Å². The fourth-order valence-electron chi connectivity index (χ4n) is 2.69. The summed E-state index contributed by atoms with van der Waals surface area (Å²) in [4.78, 5) is 2.06. The van der Waals surface area contributed by atoms with E-state index in [1.165, 1.54) is 6.07 Å². The second kappa shape index (κ2) is 7.16. The molecule has 24 heavy (non-hydrogen) atoms. The first-order chi connectivity index (χ1) is 11.7. The van der Waals surface area contributed by atoms with Gasteiger partial charge < -0.3 is 4.42 Å². The van der Waals surface area contributed by atoms with E-state index in [4.69, 9.17) is 10.8 Å². The zero-order valence-corrected chi connectivity index (χ0v) is 13.4. The molecule has 3 aromatic rings. The lowest BCUT2D eigenvalue weighted by molar-refractivity contribution is 0.264. The van der Waals surface area contributed by atoms with E-state index in [9.17, 15) is 4.39 Å². The van der Waals surface area contributed by atoms with Crippen molar-refractivity contribution < 1.29 is 8.81 Å². The Morgan fingerprint density at radius 2 is 2.08 bits per heavy atom. The number of furan rings is 1. The van der Waals surface area contributed by atoms with Crippen LogP contribution in [-0.4, -0.2) is 21.2 Å². The zero-order valence-electron chi connectivity index (χ0n) is 13.4. The number of rotatable bonds is 6. The number of aromatic nitrogens is 2. The summed E-state index contributed by atoms with van der Waals surface area (Å²) in [6.45, 7) is 1.61. The van der Waals surface area contributed by atoms with Gasteiger partial charge in [0.2, 0.25) is 0 Å². The van der Waals surface area contributed by atoms with Crippen LogP contribution in [0, 0.1) is 18.2 Å². The van der Waals surface area contributed by atoms with Gasteiger partial charge in [-0.15, -0.1) is 6.42 Å². The molecule has 0 spiro atoms. The average Bonchev–Trinajstić information content (AvgIpc) is 3.18. The maximum absolute atomic E-state index is 14.1. The molecule has 122 valence electrons. The Hall–Kier alpha value is -2.84. The molecule has 2 heterocycles. The highest BCUT2D eigenvalue weighted by atomic mass is 19.1. The second-order valence-electron chi connectivity index (χ2n) is 5.59. The average molecular weight is 323 g/mol. The molecule has 0 aliphatic rings. The number of hydrogen-bond donors (Lipinski definition) is 0. The SMILES string of the molecule is C#CCN(Cc1ccco1)Cc1cn(C)nc1-c1ccccc1F. The van der Waals surface area contributed by atoms with Gasteiger partial charge in [0.05, 0.1) is 25.0 Å². The zero-order chi connectivity index (χ0) is 16.9. The molecule has 5 heteroatoms. The van der Waals surface area contributed by atoms with Crippen LogP contribution in [0.15, 0.2) is 53.3 Å². The summed E-state index contributed by atoms with van der Waals surface area (Å²) in [5.41, 5.74) is 2.05. The van der Waals surface area contributed by atoms with Gasteiger partial charge in [-0.1, -0.05) is 18.1 Å². The van der Waals surface area contributed by atoms with Crippen LogP contribution in [0.3, 0.4) is 0 Å². The first kappa shape index (κ1) is 16.0. The third-order valence-electron chi connectivity index (χ3n) is 3.70. The van der Waals surface area contributed by atoms with Gasteiger partial charge in [0.1, 0.15) is 11.6 Å². The summed E-state index contributed by atoms with van der Waals surface area (Å²) in [5, 5.41) is 4.43. The normalized spacial score (nSPS) is 10.9. The molecule has 0 amide bonds. The van der Waals surface area contributed by atoms with Crippen molar-refractivity contribution in [3.63, 3.8) is 0 Å². The Balaban J connectivity index is 1.88. The molecule has 0 radical (unpaired) electrons. The summed E-state index contributed by atoms with van der Waals surface area (Å²) >= 11 is 0. The molecule has 0 N–H and O–H groups in total. The maximum Gasteiger partial charge on any atom is 0.132 e. The van der Waals surface area contributed by atoms with Gasteiger partial charge >= 0.3 is 0 Å². The van der Waals surface area contributed by atoms with Crippen molar-refractivity contribution in [3.8, 4) is 23.6 Å². The van der Waals surface area contributed by atoms with Gasteiger partial charge in [0.25, 0.3) is 0 Å². The Morgan fingerprint density at radius 1 is 1.25 bits per heavy atom. The summed E-state index contributed by atoms with van der Waals surface area (Å²) in [7, 11) is 1.83. The Morgan fingerprint density at radius 3 is 2.79 bits per heavy atom. The van der Waals surface area contributed by atoms with Crippen molar-refractivity contribution >= 4 is 0 Å². The van der Waals surface area contributed by atoms with Gasteiger partial charge in [-0.25, -0.2) is 4.39 Å². The number of halogens is 1. The van der Waals surface area contributed by atoms with E-state index in [0.717, 1.165) is 11.3 Å². The van der Waals surface area contributed by atoms with Gasteiger partial charge in [0.15, 0.2) is 0 Å². The molecule has 2 aromatic heterocycles. The molecule has 0 aliphatic carbocycles. The lowest BCUT2D eigenvalue weighted by Crippen LogP contribution is -2.23. The van der Waals surface area contributed by atoms with E-state index in [0.29, 0.717) is 30.9 Å². The molecule has 0 saturated heterocycles. The van der Waals surface area contributed by atoms with E-state index in [1.54, 1.807) is 29.1 Å². The van der Waals surface area contributed by atoms with E-state index in [1.807, 2.05) is 25.4 Å². The van der Waals surface area contributed by atoms with Gasteiger partial charge in [-0.2, -0.15) is 5.10 Å². The summed E-state index contributed by atoms with van der Waals surface area (Å²) < 4.78 is 21.2. The molecule has 0 saturated carbocycles. The largest absolute Gasteiger partial charge is 0.468 e. The molecule has 4 nitrogen and oxygen atoms in total. The van der Waals surface area contributed by atoms with Gasteiger partial charge in [0, 0.05) is 30.9 Å². The summed E-state index contributed by atoms with van der Waals surface area (Å²) in [6.07, 6.45) is 9.02. The highest BCUT2D eigenvalue weighted by Crippen LogP contribution is 2.26. The monoisotopic (exact) mass is 323 g/mol. The Kier molecular flexibility index (Phi) is 4.78. The molecule has 3 rings (SSSR count). The first-order valence-electron chi connectivity index (χ1n) is 7.63. The molecule has 0 aliphatic heterocycles. The van der Waals surface area contributed by atoms with Crippen LogP contribution >= 0.6 is 0 Å². The minimum absolute atomic E-state index is 0.285. The quantitative estimate of drug-likeness (QED) is 0.652. The van der Waals surface area contributed by atoms with Gasteiger partial charge in [-0.05, 0) is 24.3 Å². The fraction of sp³-hybridized carbons (Fsp3) is 0.211. The van der Waals surface area contributed by atoms with Crippen LogP contribution in [-0.2, 0) is 20.1 Å². The molecular weight excluding hydrogens is 305 g/mol. The molecule has 0 unspecified atom stereocenters. The van der Waals surface area contributed by atoms with Crippen molar-refractivity contribution in [2.45, 2.75) is 13.1 Å². The van der Waals surface area contributed by atoms with Crippen LogP contribution in [0.25, 0.3) is 11.3 Å². The number of nitrogens with zero attached hydrogens (tertiary/aromatic N) is 3.